The summed E-state index contributed by atoms with van der Waals surface area (Å²) in [5.41, 5.74) is 8.38. The van der Waals surface area contributed by atoms with Crippen molar-refractivity contribution in [1.82, 2.24) is 10.1 Å². The van der Waals surface area contributed by atoms with Crippen LogP contribution in [0.3, 0.4) is 0 Å². The van der Waals surface area contributed by atoms with E-state index in [9.17, 15) is 0 Å². The number of hydrogen-bond acceptors (Lipinski definition) is 6. The number of benzene rings is 1. The third-order valence-electron chi connectivity index (χ3n) is 2.55. The molecule has 0 bridgehead atoms. The number of nitrogen functional groups attached to an aromatic ring is 1. The molecule has 2 heterocycles. The van der Waals surface area contributed by atoms with Crippen LogP contribution in [0.2, 0.25) is 0 Å². The van der Waals surface area contributed by atoms with E-state index >= 15 is 0 Å². The lowest BCUT2D eigenvalue weighted by Gasteiger charge is -1.98. The van der Waals surface area contributed by atoms with Crippen molar-refractivity contribution in [3.05, 3.63) is 41.5 Å². The Hall–Kier alpha value is -2.34. The predicted octanol–water partition coefficient (Wildman–Crippen LogP) is 3.43. The van der Waals surface area contributed by atoms with Gasteiger partial charge in [-0.2, -0.15) is 0 Å². The highest BCUT2D eigenvalue weighted by Crippen LogP contribution is 2.27. The van der Waals surface area contributed by atoms with Crippen LogP contribution in [0.5, 0.6) is 0 Å². The summed E-state index contributed by atoms with van der Waals surface area (Å²) in [4.78, 5) is 4.50. The smallest absolute Gasteiger partial charge is 0.188 e. The van der Waals surface area contributed by atoms with Crippen molar-refractivity contribution < 1.29 is 4.52 Å². The molecule has 2 aromatic heterocycles. The van der Waals surface area contributed by atoms with Gasteiger partial charge in [0.25, 0.3) is 0 Å². The summed E-state index contributed by atoms with van der Waals surface area (Å²) in [5.74, 6) is 1.42. The van der Waals surface area contributed by atoms with Gasteiger partial charge in [-0.15, -0.1) is 11.3 Å². The quantitative estimate of drug-likeness (QED) is 0.714. The Kier molecular flexibility index (Phi) is 2.92. The molecule has 6 heteroatoms. The van der Waals surface area contributed by atoms with Gasteiger partial charge in [0.15, 0.2) is 10.9 Å². The predicted molar refractivity (Wildman–Crippen MR) is 76.5 cm³/mol. The van der Waals surface area contributed by atoms with Crippen molar-refractivity contribution in [2.75, 3.05) is 11.1 Å². The molecule has 0 amide bonds. The molecule has 0 unspecified atom stereocenters. The summed E-state index contributed by atoms with van der Waals surface area (Å²) in [5, 5.41) is 9.71. The Morgan fingerprint density at radius 3 is 2.95 bits per heavy atom. The van der Waals surface area contributed by atoms with Crippen molar-refractivity contribution in [3.8, 4) is 11.3 Å². The van der Waals surface area contributed by atoms with Crippen LogP contribution in [0.15, 0.2) is 40.2 Å². The fourth-order valence-corrected chi connectivity index (χ4v) is 2.42. The van der Waals surface area contributed by atoms with Gasteiger partial charge in [0.1, 0.15) is 5.76 Å². The van der Waals surface area contributed by atoms with E-state index in [1.807, 2.05) is 42.6 Å². The number of nitrogens with one attached hydrogen (secondary N) is 1. The summed E-state index contributed by atoms with van der Waals surface area (Å²) in [6.45, 7) is 1.85. The zero-order valence-electron chi connectivity index (χ0n) is 10.3. The average molecular weight is 272 g/mol. The lowest BCUT2D eigenvalue weighted by molar-refractivity contribution is 0.400. The Morgan fingerprint density at radius 1 is 1.32 bits per heavy atom. The first kappa shape index (κ1) is 11.7. The molecule has 0 aliphatic heterocycles. The molecule has 19 heavy (non-hydrogen) atoms. The van der Waals surface area contributed by atoms with Gasteiger partial charge in [-0.25, -0.2) is 4.98 Å². The molecule has 0 spiro atoms. The number of aryl methyl sites for hydroxylation is 1. The zero-order chi connectivity index (χ0) is 13.2. The highest BCUT2D eigenvalue weighted by atomic mass is 32.1. The van der Waals surface area contributed by atoms with Crippen LogP contribution in [0.1, 0.15) is 5.76 Å². The van der Waals surface area contributed by atoms with Crippen LogP contribution in [0.25, 0.3) is 11.3 Å². The number of rotatable bonds is 3. The minimum Gasteiger partial charge on any atom is -0.399 e. The first-order valence-corrected chi connectivity index (χ1v) is 6.60. The Labute approximate surface area is 114 Å². The zero-order valence-corrected chi connectivity index (χ0v) is 11.1. The van der Waals surface area contributed by atoms with E-state index in [1.54, 1.807) is 0 Å². The molecule has 0 radical (unpaired) electrons. The number of aromatic nitrogens is 2. The van der Waals surface area contributed by atoms with Gasteiger partial charge in [-0.1, -0.05) is 17.3 Å². The van der Waals surface area contributed by atoms with E-state index < -0.39 is 0 Å². The summed E-state index contributed by atoms with van der Waals surface area (Å²) in [7, 11) is 0. The van der Waals surface area contributed by atoms with Gasteiger partial charge in [0.2, 0.25) is 0 Å². The highest BCUT2D eigenvalue weighted by Gasteiger charge is 2.07. The SMILES string of the molecule is Cc1cc(Nc2nc(-c3cccc(N)c3)cs2)no1. The molecule has 3 N–H and O–H groups in total. The maximum absolute atomic E-state index is 5.77. The van der Waals surface area contributed by atoms with Crippen molar-refractivity contribution >= 4 is 28.0 Å². The molecule has 3 rings (SSSR count). The molecule has 3 aromatic rings. The fraction of sp³-hybridized carbons (Fsp3) is 0.0769. The van der Waals surface area contributed by atoms with E-state index in [-0.39, 0.29) is 0 Å². The van der Waals surface area contributed by atoms with Gasteiger partial charge < -0.3 is 15.6 Å². The second-order valence-electron chi connectivity index (χ2n) is 4.11. The van der Waals surface area contributed by atoms with Crippen molar-refractivity contribution in [2.45, 2.75) is 6.92 Å². The van der Waals surface area contributed by atoms with E-state index in [0.29, 0.717) is 5.82 Å². The summed E-state index contributed by atoms with van der Waals surface area (Å²) in [6.07, 6.45) is 0. The molecule has 5 nitrogen and oxygen atoms in total. The summed E-state index contributed by atoms with van der Waals surface area (Å²) in [6, 6.07) is 9.47. The topological polar surface area (TPSA) is 77.0 Å². The number of hydrogen-bond donors (Lipinski definition) is 2. The largest absolute Gasteiger partial charge is 0.399 e. The van der Waals surface area contributed by atoms with Crippen LogP contribution < -0.4 is 11.1 Å². The molecule has 0 saturated carbocycles. The third kappa shape index (κ3) is 2.58. The molecule has 96 valence electrons. The van der Waals surface area contributed by atoms with Crippen LogP contribution in [0.4, 0.5) is 16.6 Å². The van der Waals surface area contributed by atoms with Gasteiger partial charge in [0, 0.05) is 22.7 Å². The number of nitrogens with zero attached hydrogens (tertiary/aromatic N) is 2. The molecule has 0 fully saturated rings. The maximum atomic E-state index is 5.77. The van der Waals surface area contributed by atoms with Crippen LogP contribution in [-0.4, -0.2) is 10.1 Å². The van der Waals surface area contributed by atoms with E-state index in [1.165, 1.54) is 11.3 Å². The molecular weight excluding hydrogens is 260 g/mol. The highest BCUT2D eigenvalue weighted by molar-refractivity contribution is 7.14. The molecule has 0 aliphatic rings. The fourth-order valence-electron chi connectivity index (χ4n) is 1.70. The number of anilines is 3. The van der Waals surface area contributed by atoms with Crippen LogP contribution in [-0.2, 0) is 0 Å². The molecular formula is C13H12N4OS. The first-order valence-electron chi connectivity index (χ1n) is 5.72. The number of nitrogens with two attached hydrogens (primary N) is 1. The summed E-state index contributed by atoms with van der Waals surface area (Å²) >= 11 is 1.51. The Morgan fingerprint density at radius 2 is 2.21 bits per heavy atom. The Bertz CT molecular complexity index is 704. The maximum Gasteiger partial charge on any atom is 0.188 e. The monoisotopic (exact) mass is 272 g/mol. The third-order valence-corrected chi connectivity index (χ3v) is 3.31. The standard InChI is InChI=1S/C13H12N4OS/c1-8-5-12(17-18-8)16-13-15-11(7-19-13)9-3-2-4-10(14)6-9/h2-7H,14H2,1H3,(H,15,16,17). The minimum absolute atomic E-state index is 0.658. The normalized spacial score (nSPS) is 10.6. The lowest BCUT2D eigenvalue weighted by Crippen LogP contribution is -1.89. The van der Waals surface area contributed by atoms with Crippen LogP contribution in [0, 0.1) is 6.92 Å². The molecule has 1 aromatic carbocycles. The van der Waals surface area contributed by atoms with Crippen molar-refractivity contribution in [2.24, 2.45) is 0 Å². The molecule has 0 atom stereocenters. The summed E-state index contributed by atoms with van der Waals surface area (Å²) < 4.78 is 4.99. The van der Waals surface area contributed by atoms with Gasteiger partial charge >= 0.3 is 0 Å². The van der Waals surface area contributed by atoms with Crippen molar-refractivity contribution in [1.29, 1.82) is 0 Å². The van der Waals surface area contributed by atoms with Gasteiger partial charge in [0.05, 0.1) is 5.69 Å². The Balaban J connectivity index is 1.83. The lowest BCUT2D eigenvalue weighted by atomic mass is 10.1. The first-order chi connectivity index (χ1) is 9.20. The molecule has 0 aliphatic carbocycles. The van der Waals surface area contributed by atoms with Crippen LogP contribution >= 0.6 is 11.3 Å². The minimum atomic E-state index is 0.658. The van der Waals surface area contributed by atoms with E-state index in [0.717, 1.165) is 27.8 Å². The number of thiazole rings is 1. The van der Waals surface area contributed by atoms with Gasteiger partial charge in [-0.05, 0) is 19.1 Å². The van der Waals surface area contributed by atoms with Gasteiger partial charge in [-0.3, -0.25) is 0 Å². The van der Waals surface area contributed by atoms with E-state index in [2.05, 4.69) is 15.5 Å². The van der Waals surface area contributed by atoms with Crippen molar-refractivity contribution in [3.63, 3.8) is 0 Å². The van der Waals surface area contributed by atoms with E-state index in [4.69, 9.17) is 10.3 Å². The second-order valence-corrected chi connectivity index (χ2v) is 4.97. The average Bonchev–Trinajstić information content (AvgIpc) is 2.99. The second kappa shape index (κ2) is 4.74. The molecule has 0 saturated heterocycles.